The number of pyridine rings is 1. The highest BCUT2D eigenvalue weighted by molar-refractivity contribution is 5.33. The lowest BCUT2D eigenvalue weighted by Gasteiger charge is -2.13. The summed E-state index contributed by atoms with van der Waals surface area (Å²) >= 11 is 0. The van der Waals surface area contributed by atoms with Gasteiger partial charge in [0.1, 0.15) is 11.6 Å². The summed E-state index contributed by atoms with van der Waals surface area (Å²) in [6, 6.07) is 10.5. The number of ether oxygens (including phenoxy) is 3. The second-order valence-electron chi connectivity index (χ2n) is 7.09. The van der Waals surface area contributed by atoms with Crippen LogP contribution < -0.4 is 11.1 Å². The molecule has 28 heavy (non-hydrogen) atoms. The van der Waals surface area contributed by atoms with Crippen LogP contribution in [0.25, 0.3) is 0 Å². The Morgan fingerprint density at radius 2 is 2.04 bits per heavy atom. The molecule has 1 saturated heterocycles. The first-order valence-corrected chi connectivity index (χ1v) is 9.56. The second-order valence-corrected chi connectivity index (χ2v) is 7.09. The summed E-state index contributed by atoms with van der Waals surface area (Å²) in [5, 5.41) is 3.41. The van der Waals surface area contributed by atoms with Crippen molar-refractivity contribution in [2.24, 2.45) is 0 Å². The van der Waals surface area contributed by atoms with Crippen molar-refractivity contribution in [1.29, 1.82) is 0 Å². The number of anilines is 1. The van der Waals surface area contributed by atoms with Gasteiger partial charge in [0.2, 0.25) is 0 Å². The van der Waals surface area contributed by atoms with Crippen LogP contribution in [0, 0.1) is 12.7 Å². The number of aromatic nitrogens is 1. The van der Waals surface area contributed by atoms with Crippen LogP contribution in [-0.4, -0.2) is 43.5 Å². The van der Waals surface area contributed by atoms with Gasteiger partial charge in [-0.05, 0) is 48.7 Å². The zero-order valence-corrected chi connectivity index (χ0v) is 16.2. The maximum Gasteiger partial charge on any atom is 0.123 e. The van der Waals surface area contributed by atoms with E-state index in [2.05, 4.69) is 10.3 Å². The molecule has 6 nitrogen and oxygen atoms in total. The number of nitrogen functional groups attached to an aromatic ring is 1. The third-order valence-corrected chi connectivity index (χ3v) is 4.54. The van der Waals surface area contributed by atoms with Crippen molar-refractivity contribution in [3.63, 3.8) is 0 Å². The quantitative estimate of drug-likeness (QED) is 0.608. The van der Waals surface area contributed by atoms with Gasteiger partial charge in [0.15, 0.2) is 0 Å². The molecule has 0 amide bonds. The molecule has 2 heterocycles. The Morgan fingerprint density at radius 3 is 2.86 bits per heavy atom. The Balaban J connectivity index is 1.25. The molecule has 1 aliphatic rings. The highest BCUT2D eigenvalue weighted by Crippen LogP contribution is 2.14. The lowest BCUT2D eigenvalue weighted by Crippen LogP contribution is -2.27. The summed E-state index contributed by atoms with van der Waals surface area (Å²) in [5.41, 5.74) is 8.53. The molecule has 2 aromatic rings. The molecule has 1 aliphatic heterocycles. The minimum Gasteiger partial charge on any atom is -0.384 e. The van der Waals surface area contributed by atoms with Crippen molar-refractivity contribution in [3.05, 3.63) is 59.0 Å². The van der Waals surface area contributed by atoms with Crippen LogP contribution in [-0.2, 0) is 27.4 Å². The third kappa shape index (κ3) is 6.83. The van der Waals surface area contributed by atoms with Gasteiger partial charge in [-0.1, -0.05) is 12.1 Å². The summed E-state index contributed by atoms with van der Waals surface area (Å²) in [6.45, 7) is 5.23. The fraction of sp³-hybridized carbons (Fsp3) is 0.476. The summed E-state index contributed by atoms with van der Waals surface area (Å²) in [6.07, 6.45) is 1.03. The predicted molar refractivity (Wildman–Crippen MR) is 105 cm³/mol. The predicted octanol–water partition coefficient (Wildman–Crippen LogP) is 2.59. The molecule has 1 unspecified atom stereocenters. The molecule has 1 aromatic heterocycles. The minimum atomic E-state index is -0.247. The Hall–Kier alpha value is -2.06. The second kappa shape index (κ2) is 10.5. The number of hydrogen-bond acceptors (Lipinski definition) is 6. The first-order chi connectivity index (χ1) is 13.6. The van der Waals surface area contributed by atoms with Gasteiger partial charge in [-0.3, -0.25) is 0 Å². The van der Waals surface area contributed by atoms with Gasteiger partial charge in [-0.15, -0.1) is 0 Å². The summed E-state index contributed by atoms with van der Waals surface area (Å²) in [7, 11) is 0. The maximum absolute atomic E-state index is 13.1. The number of rotatable bonds is 10. The lowest BCUT2D eigenvalue weighted by atomic mass is 10.2. The number of halogens is 1. The molecule has 0 spiro atoms. The van der Waals surface area contributed by atoms with E-state index in [-0.39, 0.29) is 18.0 Å². The Bertz CT molecular complexity index is 739. The van der Waals surface area contributed by atoms with E-state index in [1.165, 1.54) is 12.1 Å². The van der Waals surface area contributed by atoms with E-state index < -0.39 is 0 Å². The third-order valence-electron chi connectivity index (χ3n) is 4.54. The Morgan fingerprint density at radius 1 is 1.18 bits per heavy atom. The largest absolute Gasteiger partial charge is 0.384 e. The van der Waals surface area contributed by atoms with E-state index in [4.69, 9.17) is 19.9 Å². The van der Waals surface area contributed by atoms with Crippen molar-refractivity contribution in [1.82, 2.24) is 10.3 Å². The number of hydrogen-bond donors (Lipinski definition) is 2. The minimum absolute atomic E-state index is 0.140. The molecular formula is C21H28FN3O3. The molecule has 7 heteroatoms. The molecule has 0 bridgehead atoms. The summed E-state index contributed by atoms with van der Waals surface area (Å²) < 4.78 is 30.2. The normalized spacial score (nSPS) is 19.2. The van der Waals surface area contributed by atoms with Crippen molar-refractivity contribution < 1.29 is 18.6 Å². The first kappa shape index (κ1) is 20.7. The van der Waals surface area contributed by atoms with Crippen LogP contribution in [0.5, 0.6) is 0 Å². The van der Waals surface area contributed by atoms with Crippen LogP contribution in [0.2, 0.25) is 0 Å². The first-order valence-electron chi connectivity index (χ1n) is 9.56. The highest BCUT2D eigenvalue weighted by atomic mass is 19.1. The fourth-order valence-corrected chi connectivity index (χ4v) is 3.24. The number of nitrogens with two attached hydrogens (primary N) is 1. The van der Waals surface area contributed by atoms with Crippen molar-refractivity contribution in [3.8, 4) is 0 Å². The smallest absolute Gasteiger partial charge is 0.123 e. The van der Waals surface area contributed by atoms with Crippen LogP contribution in [0.1, 0.15) is 23.2 Å². The molecular weight excluding hydrogens is 361 g/mol. The number of benzene rings is 1. The van der Waals surface area contributed by atoms with Gasteiger partial charge >= 0.3 is 0 Å². The van der Waals surface area contributed by atoms with Gasteiger partial charge < -0.3 is 25.3 Å². The average Bonchev–Trinajstić information content (AvgIpc) is 3.10. The molecule has 2 atom stereocenters. The van der Waals surface area contributed by atoms with Gasteiger partial charge in [0.05, 0.1) is 44.8 Å². The van der Waals surface area contributed by atoms with Gasteiger partial charge in [0.25, 0.3) is 0 Å². The topological polar surface area (TPSA) is 78.6 Å². The Kier molecular flexibility index (Phi) is 7.73. The SMILES string of the molecule is Cc1cc(N)nc(CO[C@H]2CNC(COCCOCc3cccc(F)c3)C2)c1. The van der Waals surface area contributed by atoms with Gasteiger partial charge in [-0.25, -0.2) is 9.37 Å². The fourth-order valence-electron chi connectivity index (χ4n) is 3.24. The van der Waals surface area contributed by atoms with E-state index in [1.807, 2.05) is 25.1 Å². The lowest BCUT2D eigenvalue weighted by molar-refractivity contribution is 0.0277. The van der Waals surface area contributed by atoms with Crippen LogP contribution in [0.15, 0.2) is 36.4 Å². The molecule has 0 aliphatic carbocycles. The van der Waals surface area contributed by atoms with E-state index in [9.17, 15) is 4.39 Å². The van der Waals surface area contributed by atoms with Gasteiger partial charge in [-0.2, -0.15) is 0 Å². The van der Waals surface area contributed by atoms with Crippen LogP contribution >= 0.6 is 0 Å². The molecule has 0 saturated carbocycles. The van der Waals surface area contributed by atoms with E-state index in [0.29, 0.717) is 38.9 Å². The van der Waals surface area contributed by atoms with Crippen molar-refractivity contribution in [2.45, 2.75) is 38.7 Å². The zero-order valence-electron chi connectivity index (χ0n) is 16.2. The van der Waals surface area contributed by atoms with E-state index in [0.717, 1.165) is 29.8 Å². The van der Waals surface area contributed by atoms with E-state index in [1.54, 1.807) is 6.07 Å². The molecule has 152 valence electrons. The number of nitrogens with zero attached hydrogens (tertiary/aromatic N) is 1. The van der Waals surface area contributed by atoms with Crippen LogP contribution in [0.3, 0.4) is 0 Å². The van der Waals surface area contributed by atoms with Gasteiger partial charge in [0, 0.05) is 12.6 Å². The Labute approximate surface area is 165 Å². The molecule has 0 radical (unpaired) electrons. The number of aryl methyl sites for hydroxylation is 1. The maximum atomic E-state index is 13.1. The van der Waals surface area contributed by atoms with Crippen molar-refractivity contribution >= 4 is 5.82 Å². The molecule has 1 fully saturated rings. The molecule has 3 rings (SSSR count). The molecule has 3 N–H and O–H groups in total. The monoisotopic (exact) mass is 389 g/mol. The highest BCUT2D eigenvalue weighted by Gasteiger charge is 2.24. The number of nitrogens with one attached hydrogen (secondary N) is 1. The summed E-state index contributed by atoms with van der Waals surface area (Å²) in [4.78, 5) is 4.29. The molecule has 1 aromatic carbocycles. The van der Waals surface area contributed by atoms with Crippen molar-refractivity contribution in [2.75, 3.05) is 32.1 Å². The standard InChI is InChI=1S/C21H28FN3O3/c1-15-7-19(25-21(23)8-15)14-28-20-10-18(24-11-20)13-27-6-5-26-12-16-3-2-4-17(22)9-16/h2-4,7-9,18,20,24H,5-6,10-14H2,1H3,(H2,23,25)/t18?,20-/m1/s1. The summed E-state index contributed by atoms with van der Waals surface area (Å²) in [5.74, 6) is 0.275. The van der Waals surface area contributed by atoms with E-state index >= 15 is 0 Å². The zero-order chi connectivity index (χ0) is 19.8. The van der Waals surface area contributed by atoms with Crippen LogP contribution in [0.4, 0.5) is 10.2 Å². The average molecular weight is 389 g/mol.